The van der Waals surface area contributed by atoms with E-state index in [1.807, 2.05) is 55.3 Å². The Morgan fingerprint density at radius 1 is 1.19 bits per heavy atom. The maximum Gasteiger partial charge on any atom is 0.229 e. The highest BCUT2D eigenvalue weighted by atomic mass is 35.5. The summed E-state index contributed by atoms with van der Waals surface area (Å²) >= 11 is 12.6. The molecule has 200 valence electrons. The van der Waals surface area contributed by atoms with E-state index in [2.05, 4.69) is 11.6 Å². The Hall–Kier alpha value is -1.93. The molecular formula is C28H35Cl2N3O3S. The summed E-state index contributed by atoms with van der Waals surface area (Å²) in [5.74, 6) is -0.114. The number of likely N-dealkylation sites (tertiary alicyclic amines) is 1. The third kappa shape index (κ3) is 5.75. The number of allylic oxidation sites excluding steroid dienone is 1. The molecular weight excluding hydrogens is 529 g/mol. The van der Waals surface area contributed by atoms with Crippen LogP contribution in [0, 0.1) is 5.41 Å². The van der Waals surface area contributed by atoms with E-state index in [4.69, 9.17) is 23.2 Å². The molecule has 37 heavy (non-hydrogen) atoms. The van der Waals surface area contributed by atoms with Crippen LogP contribution in [-0.4, -0.2) is 53.4 Å². The van der Waals surface area contributed by atoms with Gasteiger partial charge in [0.25, 0.3) is 0 Å². The zero-order chi connectivity index (χ0) is 27.0. The summed E-state index contributed by atoms with van der Waals surface area (Å²) in [7, 11) is -1.76. The fraction of sp³-hybridized carbons (Fsp3) is 0.500. The maximum atomic E-state index is 14.4. The topological polar surface area (TPSA) is 70.6 Å². The average molecular weight is 565 g/mol. The number of carbonyl (C=O) groups excluding carboxylic acids is 1. The molecule has 1 saturated carbocycles. The molecule has 0 bridgehead atoms. The van der Waals surface area contributed by atoms with Gasteiger partial charge in [-0.3, -0.25) is 9.78 Å². The Morgan fingerprint density at radius 3 is 2.43 bits per heavy atom. The molecule has 2 aliphatic rings. The quantitative estimate of drug-likeness (QED) is 0.321. The third-order valence-corrected chi connectivity index (χ3v) is 10.6. The summed E-state index contributed by atoms with van der Waals surface area (Å²) in [4.78, 5) is 20.6. The van der Waals surface area contributed by atoms with Gasteiger partial charge in [-0.05, 0) is 61.4 Å². The van der Waals surface area contributed by atoms with E-state index < -0.39 is 15.4 Å². The maximum absolute atomic E-state index is 14.4. The third-order valence-electron chi connectivity index (χ3n) is 7.78. The lowest BCUT2D eigenvalue weighted by atomic mass is 9.67. The van der Waals surface area contributed by atoms with Gasteiger partial charge in [-0.1, -0.05) is 55.3 Å². The van der Waals surface area contributed by atoms with Gasteiger partial charge in [0.05, 0.1) is 21.7 Å². The number of amides is 1. The van der Waals surface area contributed by atoms with Crippen molar-refractivity contribution in [3.63, 3.8) is 0 Å². The van der Waals surface area contributed by atoms with Gasteiger partial charge >= 0.3 is 0 Å². The molecule has 0 radical (unpaired) electrons. The summed E-state index contributed by atoms with van der Waals surface area (Å²) in [6.07, 6.45) is 8.28. The lowest BCUT2D eigenvalue weighted by Crippen LogP contribution is -2.58. The van der Waals surface area contributed by atoms with Gasteiger partial charge in [0.2, 0.25) is 15.9 Å². The Bertz CT molecular complexity index is 1250. The fourth-order valence-electron chi connectivity index (χ4n) is 5.62. The van der Waals surface area contributed by atoms with Crippen LogP contribution in [0.5, 0.6) is 0 Å². The molecule has 2 fully saturated rings. The van der Waals surface area contributed by atoms with Crippen molar-refractivity contribution in [2.75, 3.05) is 13.6 Å². The van der Waals surface area contributed by atoms with Gasteiger partial charge in [-0.15, -0.1) is 6.58 Å². The number of sulfonamides is 1. The van der Waals surface area contributed by atoms with Crippen LogP contribution in [0.15, 0.2) is 55.4 Å². The number of aromatic nitrogens is 1. The van der Waals surface area contributed by atoms with Gasteiger partial charge in [0, 0.05) is 43.0 Å². The number of likely N-dealkylation sites (N-methyl/N-ethyl adjacent to an activating group) is 1. The average Bonchev–Trinajstić information content (AvgIpc) is 3.71. The molecule has 0 N–H and O–H groups in total. The van der Waals surface area contributed by atoms with Crippen LogP contribution in [0.2, 0.25) is 10.0 Å². The Kier molecular flexibility index (Phi) is 8.39. The molecule has 2 aromatic rings. The van der Waals surface area contributed by atoms with E-state index in [-0.39, 0.29) is 35.7 Å². The number of piperidine rings is 1. The van der Waals surface area contributed by atoms with Crippen molar-refractivity contribution in [1.29, 1.82) is 0 Å². The summed E-state index contributed by atoms with van der Waals surface area (Å²) in [6, 6.07) is 8.80. The molecule has 1 aromatic heterocycles. The molecule has 0 spiro atoms. The SMILES string of the molecule is C=CC[C@@]1(C)C[C@H](c2cncc(Cl)c2)[C@@H](c2ccc(Cl)cc2)N([C@H](CC)CN(C)S(=O)(=O)C2CC2)C1=O. The van der Waals surface area contributed by atoms with E-state index >= 15 is 0 Å². The first-order valence-electron chi connectivity index (χ1n) is 12.8. The molecule has 4 atom stereocenters. The number of carbonyl (C=O) groups is 1. The predicted molar refractivity (Wildman–Crippen MR) is 149 cm³/mol. The van der Waals surface area contributed by atoms with Crippen molar-refractivity contribution in [1.82, 2.24) is 14.2 Å². The van der Waals surface area contributed by atoms with Crippen LogP contribution in [0.1, 0.15) is 69.0 Å². The molecule has 0 unspecified atom stereocenters. The largest absolute Gasteiger partial charge is 0.330 e. The highest BCUT2D eigenvalue weighted by molar-refractivity contribution is 7.90. The van der Waals surface area contributed by atoms with Crippen molar-refractivity contribution in [2.45, 2.75) is 69.2 Å². The van der Waals surface area contributed by atoms with Crippen LogP contribution >= 0.6 is 23.2 Å². The van der Waals surface area contributed by atoms with E-state index in [1.54, 1.807) is 19.3 Å². The van der Waals surface area contributed by atoms with Crippen LogP contribution < -0.4 is 0 Å². The lowest BCUT2D eigenvalue weighted by Gasteiger charge is -2.52. The summed E-state index contributed by atoms with van der Waals surface area (Å²) < 4.78 is 27.5. The first-order chi connectivity index (χ1) is 17.5. The van der Waals surface area contributed by atoms with Gasteiger partial charge < -0.3 is 4.90 Å². The Labute approximate surface area is 230 Å². The minimum absolute atomic E-state index is 0.00246. The van der Waals surface area contributed by atoms with Crippen LogP contribution in [0.4, 0.5) is 0 Å². The molecule has 9 heteroatoms. The lowest BCUT2D eigenvalue weighted by molar-refractivity contribution is -0.154. The first kappa shape index (κ1) is 28.1. The number of pyridine rings is 1. The number of benzene rings is 1. The standard InChI is InChI=1S/C28H35Cl2N3O3S/c1-5-13-28(3)15-25(20-14-22(30)17-31-16-20)26(19-7-9-21(29)10-8-19)33(27(28)34)23(6-2)18-32(4)37(35,36)24-11-12-24/h5,7-10,14,16-17,23-26H,1,6,11-13,15,18H2,2-4H3/t23-,25-,26-,28+/m1/s1. The Balaban J connectivity index is 1.85. The van der Waals surface area contributed by atoms with Crippen molar-refractivity contribution < 1.29 is 13.2 Å². The van der Waals surface area contributed by atoms with Gasteiger partial charge in [-0.2, -0.15) is 0 Å². The van der Waals surface area contributed by atoms with E-state index in [1.165, 1.54) is 4.31 Å². The minimum atomic E-state index is -3.39. The zero-order valence-electron chi connectivity index (χ0n) is 21.6. The normalized spacial score (nSPS) is 25.4. The van der Waals surface area contributed by atoms with Crippen molar-refractivity contribution in [3.05, 3.63) is 76.6 Å². The molecule has 1 aromatic carbocycles. The smallest absolute Gasteiger partial charge is 0.229 e. The molecule has 1 amide bonds. The first-order valence-corrected chi connectivity index (χ1v) is 15.0. The predicted octanol–water partition coefficient (Wildman–Crippen LogP) is 6.23. The van der Waals surface area contributed by atoms with E-state index in [0.717, 1.165) is 11.1 Å². The second-order valence-corrected chi connectivity index (χ2v) is 13.8. The van der Waals surface area contributed by atoms with Crippen molar-refractivity contribution >= 4 is 39.1 Å². The minimum Gasteiger partial charge on any atom is -0.330 e. The summed E-state index contributed by atoms with van der Waals surface area (Å²) in [6.45, 7) is 8.14. The second kappa shape index (κ2) is 11.0. The zero-order valence-corrected chi connectivity index (χ0v) is 23.9. The molecule has 1 saturated heterocycles. The number of halogens is 2. The Morgan fingerprint density at radius 2 is 1.86 bits per heavy atom. The fourth-order valence-corrected chi connectivity index (χ4v) is 7.55. The van der Waals surface area contributed by atoms with Crippen molar-refractivity contribution in [3.8, 4) is 0 Å². The van der Waals surface area contributed by atoms with Gasteiger partial charge in [0.15, 0.2) is 0 Å². The van der Waals surface area contributed by atoms with Gasteiger partial charge in [-0.25, -0.2) is 12.7 Å². The van der Waals surface area contributed by atoms with E-state index in [9.17, 15) is 13.2 Å². The second-order valence-electron chi connectivity index (χ2n) is 10.6. The molecule has 2 heterocycles. The highest BCUT2D eigenvalue weighted by Crippen LogP contribution is 2.52. The molecule has 1 aliphatic heterocycles. The monoisotopic (exact) mass is 563 g/mol. The number of rotatable bonds is 10. The molecule has 4 rings (SSSR count). The molecule has 6 nitrogen and oxygen atoms in total. The highest BCUT2D eigenvalue weighted by Gasteiger charge is 2.51. The summed E-state index contributed by atoms with van der Waals surface area (Å²) in [5, 5.41) is 0.830. The number of hydrogen-bond donors (Lipinski definition) is 0. The summed E-state index contributed by atoms with van der Waals surface area (Å²) in [5.41, 5.74) is 1.17. The van der Waals surface area contributed by atoms with Crippen molar-refractivity contribution in [2.24, 2.45) is 5.41 Å². The van der Waals surface area contributed by atoms with E-state index in [0.29, 0.717) is 42.1 Å². The van der Waals surface area contributed by atoms with Gasteiger partial charge in [0.1, 0.15) is 0 Å². The number of nitrogens with zero attached hydrogens (tertiary/aromatic N) is 3. The number of hydrogen-bond acceptors (Lipinski definition) is 4. The van der Waals surface area contributed by atoms with Crippen LogP contribution in [-0.2, 0) is 14.8 Å². The van der Waals surface area contributed by atoms with Crippen LogP contribution in [0.3, 0.4) is 0 Å². The molecule has 1 aliphatic carbocycles. The van der Waals surface area contributed by atoms with Crippen LogP contribution in [0.25, 0.3) is 0 Å².